The Hall–Kier alpha value is -3.02. The van der Waals surface area contributed by atoms with Gasteiger partial charge in [0, 0.05) is 5.69 Å². The summed E-state index contributed by atoms with van der Waals surface area (Å²) in [7, 11) is 0. The summed E-state index contributed by atoms with van der Waals surface area (Å²) in [5.74, 6) is 1.11. The number of nitrogens with two attached hydrogens (primary N) is 2. The summed E-state index contributed by atoms with van der Waals surface area (Å²) in [4.78, 5) is 8.32. The Balaban J connectivity index is 1.73. The lowest BCUT2D eigenvalue weighted by molar-refractivity contribution is 0.304. The average molecular weight is 396 g/mol. The van der Waals surface area contributed by atoms with E-state index < -0.39 is 0 Å². The van der Waals surface area contributed by atoms with Crippen LogP contribution >= 0.6 is 0 Å². The van der Waals surface area contributed by atoms with Crippen LogP contribution in [0.4, 0.5) is 11.4 Å². The van der Waals surface area contributed by atoms with Crippen molar-refractivity contribution in [3.05, 3.63) is 54.6 Å². The Morgan fingerprint density at radius 1 is 0.862 bits per heavy atom. The van der Waals surface area contributed by atoms with E-state index in [1.807, 2.05) is 54.6 Å². The number of anilines is 1. The van der Waals surface area contributed by atoms with Crippen LogP contribution in [0.5, 0.6) is 5.75 Å². The lowest BCUT2D eigenvalue weighted by Gasteiger charge is -2.07. The number of hydrogen-bond donors (Lipinski definition) is 3. The zero-order valence-corrected chi connectivity index (χ0v) is 17.3. The zero-order valence-electron chi connectivity index (χ0n) is 17.3. The summed E-state index contributed by atoms with van der Waals surface area (Å²) in [6.07, 6.45) is 8.91. The summed E-state index contributed by atoms with van der Waals surface area (Å²) in [6, 6.07) is 17.0. The number of hydrogen-bond acceptors (Lipinski definition) is 2. The first kappa shape index (κ1) is 22.3. The number of nitrogens with one attached hydrogen (secondary N) is 1. The molecule has 2 aromatic carbocycles. The largest absolute Gasteiger partial charge is 0.494 e. The lowest BCUT2D eigenvalue weighted by Crippen LogP contribution is -2.25. The van der Waals surface area contributed by atoms with Crippen LogP contribution in [0, 0.1) is 0 Å². The SMILES string of the molecule is CCCCCCCCCOc1ccc(N=C(N)/N=C(\N)Nc2ccccc2)cc1. The summed E-state index contributed by atoms with van der Waals surface area (Å²) in [5.41, 5.74) is 13.3. The number of nitrogens with zero attached hydrogens (tertiary/aromatic N) is 2. The van der Waals surface area contributed by atoms with E-state index in [1.54, 1.807) is 0 Å². The molecule has 0 radical (unpaired) electrons. The van der Waals surface area contributed by atoms with Gasteiger partial charge >= 0.3 is 0 Å². The molecule has 0 spiro atoms. The molecular formula is C23H33N5O. The van der Waals surface area contributed by atoms with E-state index in [0.717, 1.165) is 24.5 Å². The van der Waals surface area contributed by atoms with Gasteiger partial charge in [0.2, 0.25) is 11.9 Å². The van der Waals surface area contributed by atoms with Crippen LogP contribution < -0.4 is 21.5 Å². The predicted octanol–water partition coefficient (Wildman–Crippen LogP) is 5.19. The molecule has 0 aromatic heterocycles. The highest BCUT2D eigenvalue weighted by Gasteiger charge is 1.99. The number of rotatable bonds is 11. The van der Waals surface area contributed by atoms with Gasteiger partial charge in [-0.25, -0.2) is 4.99 Å². The van der Waals surface area contributed by atoms with E-state index in [0.29, 0.717) is 5.69 Å². The van der Waals surface area contributed by atoms with Crippen molar-refractivity contribution in [2.45, 2.75) is 51.9 Å². The molecule has 29 heavy (non-hydrogen) atoms. The van der Waals surface area contributed by atoms with Crippen molar-refractivity contribution in [3.8, 4) is 5.75 Å². The second-order valence-corrected chi connectivity index (χ2v) is 6.92. The molecule has 2 rings (SSSR count). The van der Waals surface area contributed by atoms with Gasteiger partial charge in [0.15, 0.2) is 0 Å². The molecule has 6 heteroatoms. The van der Waals surface area contributed by atoms with Gasteiger partial charge < -0.3 is 21.5 Å². The van der Waals surface area contributed by atoms with E-state index >= 15 is 0 Å². The quantitative estimate of drug-likeness (QED) is 0.277. The van der Waals surface area contributed by atoms with Gasteiger partial charge in [-0.1, -0.05) is 63.6 Å². The van der Waals surface area contributed by atoms with Crippen molar-refractivity contribution in [2.75, 3.05) is 11.9 Å². The Morgan fingerprint density at radius 2 is 1.52 bits per heavy atom. The predicted molar refractivity (Wildman–Crippen MR) is 123 cm³/mol. The summed E-state index contributed by atoms with van der Waals surface area (Å²) in [6.45, 7) is 2.98. The maximum atomic E-state index is 5.87. The second-order valence-electron chi connectivity index (χ2n) is 6.92. The third kappa shape index (κ3) is 9.65. The van der Waals surface area contributed by atoms with Crippen LogP contribution in [-0.4, -0.2) is 18.5 Å². The number of unbranched alkanes of at least 4 members (excludes halogenated alkanes) is 6. The van der Waals surface area contributed by atoms with Crippen molar-refractivity contribution >= 4 is 23.3 Å². The van der Waals surface area contributed by atoms with Gasteiger partial charge in [-0.3, -0.25) is 0 Å². The lowest BCUT2D eigenvalue weighted by atomic mass is 10.1. The molecule has 0 unspecified atom stereocenters. The maximum Gasteiger partial charge on any atom is 0.223 e. The number of guanidine groups is 2. The monoisotopic (exact) mass is 395 g/mol. The molecule has 0 atom stereocenters. The third-order valence-electron chi connectivity index (χ3n) is 4.38. The Bertz CT molecular complexity index is 757. The highest BCUT2D eigenvalue weighted by Crippen LogP contribution is 2.18. The maximum absolute atomic E-state index is 5.87. The number of ether oxygens (including phenoxy) is 1. The van der Waals surface area contributed by atoms with Crippen LogP contribution in [-0.2, 0) is 0 Å². The first-order chi connectivity index (χ1) is 14.2. The standard InChI is InChI=1S/C23H33N5O/c1-2-3-4-5-6-7-11-18-29-21-16-14-20(15-17-21)27-23(25)28-22(24)26-19-12-9-8-10-13-19/h8-10,12-17H,2-7,11,18H2,1H3,(H5,24,25,26,27,28). The fourth-order valence-corrected chi connectivity index (χ4v) is 2.84. The van der Waals surface area contributed by atoms with Crippen molar-refractivity contribution in [1.29, 1.82) is 0 Å². The minimum Gasteiger partial charge on any atom is -0.494 e. The normalized spacial score (nSPS) is 12.0. The molecule has 0 heterocycles. The Morgan fingerprint density at radius 3 is 2.21 bits per heavy atom. The van der Waals surface area contributed by atoms with Crippen molar-refractivity contribution in [2.24, 2.45) is 21.5 Å². The minimum absolute atomic E-state index is 0.0858. The van der Waals surface area contributed by atoms with Crippen molar-refractivity contribution < 1.29 is 4.74 Å². The van der Waals surface area contributed by atoms with Gasteiger partial charge in [-0.2, -0.15) is 4.99 Å². The van der Waals surface area contributed by atoms with Gasteiger partial charge in [0.05, 0.1) is 12.3 Å². The van der Waals surface area contributed by atoms with Crippen molar-refractivity contribution in [3.63, 3.8) is 0 Å². The first-order valence-corrected chi connectivity index (χ1v) is 10.4. The van der Waals surface area contributed by atoms with Crippen LogP contribution in [0.1, 0.15) is 51.9 Å². The van der Waals surface area contributed by atoms with Gasteiger partial charge in [-0.05, 0) is 42.8 Å². The van der Waals surface area contributed by atoms with Gasteiger partial charge in [-0.15, -0.1) is 0 Å². The van der Waals surface area contributed by atoms with Crippen LogP contribution in [0.15, 0.2) is 64.6 Å². The molecular weight excluding hydrogens is 362 g/mol. The smallest absolute Gasteiger partial charge is 0.223 e. The van der Waals surface area contributed by atoms with Crippen LogP contribution in [0.3, 0.4) is 0 Å². The summed E-state index contributed by atoms with van der Waals surface area (Å²) >= 11 is 0. The molecule has 0 saturated carbocycles. The number of para-hydroxylation sites is 1. The molecule has 2 aromatic rings. The van der Waals surface area contributed by atoms with Gasteiger partial charge in [0.1, 0.15) is 5.75 Å². The van der Waals surface area contributed by atoms with E-state index in [4.69, 9.17) is 16.2 Å². The minimum atomic E-state index is 0.0858. The van der Waals surface area contributed by atoms with Crippen LogP contribution in [0.2, 0.25) is 0 Å². The summed E-state index contributed by atoms with van der Waals surface area (Å²) < 4.78 is 5.79. The van der Waals surface area contributed by atoms with Gasteiger partial charge in [0.25, 0.3) is 0 Å². The van der Waals surface area contributed by atoms with E-state index in [9.17, 15) is 0 Å². The number of aliphatic imine (C=N–C) groups is 2. The summed E-state index contributed by atoms with van der Waals surface area (Å²) in [5, 5.41) is 2.96. The fraction of sp³-hybridized carbons (Fsp3) is 0.391. The third-order valence-corrected chi connectivity index (χ3v) is 4.38. The molecule has 6 nitrogen and oxygen atoms in total. The Kier molecular flexibility index (Phi) is 10.1. The molecule has 5 N–H and O–H groups in total. The first-order valence-electron chi connectivity index (χ1n) is 10.4. The van der Waals surface area contributed by atoms with E-state index in [1.165, 1.54) is 38.5 Å². The average Bonchev–Trinajstić information content (AvgIpc) is 2.71. The molecule has 0 bridgehead atoms. The molecule has 0 aliphatic carbocycles. The Labute approximate surface area is 174 Å². The molecule has 0 amide bonds. The molecule has 0 aliphatic rings. The number of benzene rings is 2. The molecule has 0 fully saturated rings. The molecule has 156 valence electrons. The van der Waals surface area contributed by atoms with Crippen molar-refractivity contribution in [1.82, 2.24) is 0 Å². The van der Waals surface area contributed by atoms with Crippen LogP contribution in [0.25, 0.3) is 0 Å². The van der Waals surface area contributed by atoms with E-state index in [2.05, 4.69) is 22.2 Å². The molecule has 0 saturated heterocycles. The highest BCUT2D eigenvalue weighted by molar-refractivity contribution is 6.01. The second kappa shape index (κ2) is 13.2. The fourth-order valence-electron chi connectivity index (χ4n) is 2.84. The topological polar surface area (TPSA) is 98.0 Å². The highest BCUT2D eigenvalue weighted by atomic mass is 16.5. The molecule has 0 aliphatic heterocycles. The van der Waals surface area contributed by atoms with E-state index in [-0.39, 0.29) is 11.9 Å². The zero-order chi connectivity index (χ0) is 20.7.